The van der Waals surface area contributed by atoms with Crippen molar-refractivity contribution < 1.29 is 23.9 Å². The van der Waals surface area contributed by atoms with Gasteiger partial charge in [-0.05, 0) is 37.1 Å². The molecule has 1 aromatic carbocycles. The number of benzene rings is 1. The first-order valence-electron chi connectivity index (χ1n) is 7.87. The number of esters is 1. The van der Waals surface area contributed by atoms with Crippen LogP contribution in [0.1, 0.15) is 37.0 Å². The van der Waals surface area contributed by atoms with Gasteiger partial charge >= 0.3 is 5.97 Å². The van der Waals surface area contributed by atoms with Gasteiger partial charge in [-0.1, -0.05) is 13.8 Å². The third-order valence-electron chi connectivity index (χ3n) is 3.46. The van der Waals surface area contributed by atoms with Crippen molar-refractivity contribution in [2.45, 2.75) is 32.7 Å². The van der Waals surface area contributed by atoms with Crippen LogP contribution in [0.15, 0.2) is 24.3 Å². The number of ether oxygens (including phenoxy) is 2. The Balaban J connectivity index is 2.32. The SMILES string of the molecule is CCC(CC)NC(=O)COC(=O)CNC(=O)c1ccc(OC)cc1. The van der Waals surface area contributed by atoms with E-state index in [1.165, 1.54) is 7.11 Å². The second-order valence-corrected chi connectivity index (χ2v) is 5.15. The molecule has 2 amide bonds. The first-order chi connectivity index (χ1) is 11.5. The first-order valence-corrected chi connectivity index (χ1v) is 7.87. The Bertz CT molecular complexity index is 553. The summed E-state index contributed by atoms with van der Waals surface area (Å²) in [7, 11) is 1.53. The fourth-order valence-electron chi connectivity index (χ4n) is 1.96. The van der Waals surface area contributed by atoms with Crippen LogP contribution in [-0.2, 0) is 14.3 Å². The lowest BCUT2D eigenvalue weighted by Gasteiger charge is -2.14. The van der Waals surface area contributed by atoms with Gasteiger partial charge in [-0.15, -0.1) is 0 Å². The fourth-order valence-corrected chi connectivity index (χ4v) is 1.96. The van der Waals surface area contributed by atoms with Gasteiger partial charge in [0.25, 0.3) is 11.8 Å². The number of carbonyl (C=O) groups is 3. The molecule has 7 heteroatoms. The van der Waals surface area contributed by atoms with E-state index in [9.17, 15) is 14.4 Å². The quantitative estimate of drug-likeness (QED) is 0.663. The third kappa shape index (κ3) is 6.68. The molecule has 0 saturated heterocycles. The summed E-state index contributed by atoms with van der Waals surface area (Å²) in [5.41, 5.74) is 0.398. The van der Waals surface area contributed by atoms with Gasteiger partial charge in [-0.3, -0.25) is 14.4 Å². The molecule has 0 heterocycles. The van der Waals surface area contributed by atoms with Crippen molar-refractivity contribution >= 4 is 17.8 Å². The summed E-state index contributed by atoms with van der Waals surface area (Å²) in [6.45, 7) is 3.28. The zero-order valence-electron chi connectivity index (χ0n) is 14.3. The molecule has 0 spiro atoms. The second-order valence-electron chi connectivity index (χ2n) is 5.15. The molecule has 0 unspecified atom stereocenters. The van der Waals surface area contributed by atoms with Crippen molar-refractivity contribution in [3.05, 3.63) is 29.8 Å². The van der Waals surface area contributed by atoms with Crippen LogP contribution in [0.25, 0.3) is 0 Å². The number of carbonyl (C=O) groups excluding carboxylic acids is 3. The van der Waals surface area contributed by atoms with E-state index >= 15 is 0 Å². The lowest BCUT2D eigenvalue weighted by molar-refractivity contribution is -0.147. The molecule has 1 rings (SSSR count). The zero-order valence-corrected chi connectivity index (χ0v) is 14.3. The minimum atomic E-state index is -0.670. The molecule has 0 bridgehead atoms. The van der Waals surface area contributed by atoms with Crippen LogP contribution in [0, 0.1) is 0 Å². The van der Waals surface area contributed by atoms with Crippen molar-refractivity contribution in [1.29, 1.82) is 0 Å². The first kappa shape index (κ1) is 19.5. The molecule has 2 N–H and O–H groups in total. The van der Waals surface area contributed by atoms with E-state index in [1.54, 1.807) is 24.3 Å². The van der Waals surface area contributed by atoms with Crippen molar-refractivity contribution in [2.75, 3.05) is 20.3 Å². The molecule has 0 aliphatic rings. The molecule has 0 fully saturated rings. The molecule has 24 heavy (non-hydrogen) atoms. The average Bonchev–Trinajstić information content (AvgIpc) is 2.62. The Morgan fingerprint density at radius 3 is 2.25 bits per heavy atom. The molecule has 0 radical (unpaired) electrons. The Labute approximate surface area is 141 Å². The topological polar surface area (TPSA) is 93.7 Å². The smallest absolute Gasteiger partial charge is 0.325 e. The number of hydrogen-bond donors (Lipinski definition) is 2. The van der Waals surface area contributed by atoms with Gasteiger partial charge in [0, 0.05) is 11.6 Å². The summed E-state index contributed by atoms with van der Waals surface area (Å²) >= 11 is 0. The highest BCUT2D eigenvalue weighted by molar-refractivity contribution is 5.96. The van der Waals surface area contributed by atoms with E-state index in [2.05, 4.69) is 10.6 Å². The largest absolute Gasteiger partial charge is 0.497 e. The lowest BCUT2D eigenvalue weighted by atomic mass is 10.2. The normalized spacial score (nSPS) is 10.2. The van der Waals surface area contributed by atoms with Crippen LogP contribution in [-0.4, -0.2) is 44.1 Å². The monoisotopic (exact) mass is 336 g/mol. The molecular weight excluding hydrogens is 312 g/mol. The molecule has 132 valence electrons. The predicted octanol–water partition coefficient (Wildman–Crippen LogP) is 1.27. The van der Waals surface area contributed by atoms with Crippen LogP contribution in [0.4, 0.5) is 0 Å². The lowest BCUT2D eigenvalue weighted by Crippen LogP contribution is -2.38. The van der Waals surface area contributed by atoms with E-state index < -0.39 is 11.9 Å². The molecule has 0 atom stereocenters. The third-order valence-corrected chi connectivity index (χ3v) is 3.46. The number of amides is 2. The molecular formula is C17H24N2O5. The molecule has 7 nitrogen and oxygen atoms in total. The maximum absolute atomic E-state index is 11.9. The van der Waals surface area contributed by atoms with Gasteiger partial charge in [0.15, 0.2) is 6.61 Å². The molecule has 0 saturated carbocycles. The van der Waals surface area contributed by atoms with Crippen LogP contribution < -0.4 is 15.4 Å². The van der Waals surface area contributed by atoms with Gasteiger partial charge in [-0.2, -0.15) is 0 Å². The van der Waals surface area contributed by atoms with Crippen molar-refractivity contribution in [1.82, 2.24) is 10.6 Å². The van der Waals surface area contributed by atoms with Crippen molar-refractivity contribution in [3.8, 4) is 5.75 Å². The van der Waals surface area contributed by atoms with E-state index in [1.807, 2.05) is 13.8 Å². The van der Waals surface area contributed by atoms with Crippen LogP contribution in [0.3, 0.4) is 0 Å². The number of hydrogen-bond acceptors (Lipinski definition) is 5. The van der Waals surface area contributed by atoms with Crippen LogP contribution in [0.2, 0.25) is 0 Å². The van der Waals surface area contributed by atoms with Crippen LogP contribution in [0.5, 0.6) is 5.75 Å². The molecule has 0 aliphatic heterocycles. The number of methoxy groups -OCH3 is 1. The van der Waals surface area contributed by atoms with E-state index in [0.717, 1.165) is 12.8 Å². The molecule has 0 aliphatic carbocycles. The van der Waals surface area contributed by atoms with E-state index in [4.69, 9.17) is 9.47 Å². The maximum Gasteiger partial charge on any atom is 0.325 e. The highest BCUT2D eigenvalue weighted by Gasteiger charge is 2.12. The van der Waals surface area contributed by atoms with E-state index in [0.29, 0.717) is 11.3 Å². The van der Waals surface area contributed by atoms with Crippen molar-refractivity contribution in [3.63, 3.8) is 0 Å². The predicted molar refractivity (Wildman–Crippen MR) is 88.8 cm³/mol. The summed E-state index contributed by atoms with van der Waals surface area (Å²) in [5.74, 6) is -0.791. The summed E-state index contributed by atoms with van der Waals surface area (Å²) < 4.78 is 9.83. The van der Waals surface area contributed by atoms with E-state index in [-0.39, 0.29) is 25.1 Å². The van der Waals surface area contributed by atoms with Gasteiger partial charge in [0.2, 0.25) is 0 Å². The summed E-state index contributed by atoms with van der Waals surface area (Å²) in [5, 5.41) is 5.19. The zero-order chi connectivity index (χ0) is 17.9. The Morgan fingerprint density at radius 2 is 1.71 bits per heavy atom. The second kappa shape index (κ2) is 10.3. The maximum atomic E-state index is 11.9. The Kier molecular flexibility index (Phi) is 8.32. The van der Waals surface area contributed by atoms with Crippen molar-refractivity contribution in [2.24, 2.45) is 0 Å². The van der Waals surface area contributed by atoms with Gasteiger partial charge in [0.1, 0.15) is 12.3 Å². The summed E-state index contributed by atoms with van der Waals surface area (Å²) in [6, 6.07) is 6.54. The molecule has 0 aromatic heterocycles. The molecule has 1 aromatic rings. The summed E-state index contributed by atoms with van der Waals surface area (Å²) in [4.78, 5) is 35.1. The number of rotatable bonds is 9. The van der Waals surface area contributed by atoms with Gasteiger partial charge in [0.05, 0.1) is 7.11 Å². The Morgan fingerprint density at radius 1 is 1.08 bits per heavy atom. The minimum absolute atomic E-state index is 0.0750. The summed E-state index contributed by atoms with van der Waals surface area (Å²) in [6.07, 6.45) is 1.63. The minimum Gasteiger partial charge on any atom is -0.497 e. The van der Waals surface area contributed by atoms with Crippen LogP contribution >= 0.6 is 0 Å². The number of nitrogens with one attached hydrogen (secondary N) is 2. The standard InChI is InChI=1S/C17H24N2O5/c1-4-13(5-2)19-15(20)11-24-16(21)10-18-17(22)12-6-8-14(23-3)9-7-12/h6-9,13H,4-5,10-11H2,1-3H3,(H,18,22)(H,19,20). The van der Waals surface area contributed by atoms with Gasteiger partial charge < -0.3 is 20.1 Å². The highest BCUT2D eigenvalue weighted by atomic mass is 16.5. The fraction of sp³-hybridized carbons (Fsp3) is 0.471. The average molecular weight is 336 g/mol. The Hall–Kier alpha value is -2.57. The highest BCUT2D eigenvalue weighted by Crippen LogP contribution is 2.10. The van der Waals surface area contributed by atoms with Gasteiger partial charge in [-0.25, -0.2) is 0 Å².